The highest BCUT2D eigenvalue weighted by Gasteiger charge is 2.28. The fourth-order valence-corrected chi connectivity index (χ4v) is 2.89. The Kier molecular flexibility index (Phi) is 3.96. The maximum absolute atomic E-state index is 12.3. The minimum Gasteiger partial charge on any atom is -0.459 e. The van der Waals surface area contributed by atoms with E-state index in [0.717, 1.165) is 12.8 Å². The minimum atomic E-state index is -0.376. The first-order valence-electron chi connectivity index (χ1n) is 7.32. The molecule has 0 aliphatic heterocycles. The molecule has 5 nitrogen and oxygen atoms in total. The Labute approximate surface area is 128 Å². The number of aryl methyl sites for hydroxylation is 1. The molecule has 22 heavy (non-hydrogen) atoms. The molecule has 1 atom stereocenters. The van der Waals surface area contributed by atoms with Gasteiger partial charge in [0.15, 0.2) is 5.76 Å². The number of furan rings is 1. The monoisotopic (exact) mass is 298 g/mol. The third-order valence-electron chi connectivity index (χ3n) is 4.11. The van der Waals surface area contributed by atoms with Crippen LogP contribution in [0, 0.1) is 0 Å². The summed E-state index contributed by atoms with van der Waals surface area (Å²) in [5.41, 5.74) is 2.50. The van der Waals surface area contributed by atoms with Crippen molar-refractivity contribution in [2.24, 2.45) is 0 Å². The number of hydrogen-bond donors (Lipinski definition) is 1. The van der Waals surface area contributed by atoms with E-state index in [-0.39, 0.29) is 30.2 Å². The number of nitrogens with one attached hydrogen (secondary N) is 1. The van der Waals surface area contributed by atoms with E-state index in [1.165, 1.54) is 17.4 Å². The zero-order valence-corrected chi connectivity index (χ0v) is 12.4. The van der Waals surface area contributed by atoms with E-state index in [1.54, 1.807) is 24.1 Å². The third-order valence-corrected chi connectivity index (χ3v) is 4.11. The van der Waals surface area contributed by atoms with Crippen LogP contribution in [0.2, 0.25) is 0 Å². The Morgan fingerprint density at radius 3 is 2.86 bits per heavy atom. The van der Waals surface area contributed by atoms with Crippen molar-refractivity contribution in [1.82, 2.24) is 10.2 Å². The SMILES string of the molecule is CN(C(=O)CNC(=O)c1ccco1)[C@H]1CCc2ccccc21. The highest BCUT2D eigenvalue weighted by atomic mass is 16.3. The molecule has 114 valence electrons. The third kappa shape index (κ3) is 2.74. The van der Waals surface area contributed by atoms with E-state index >= 15 is 0 Å². The Bertz CT molecular complexity index is 679. The molecule has 3 rings (SSSR count). The topological polar surface area (TPSA) is 62.6 Å². The van der Waals surface area contributed by atoms with E-state index in [4.69, 9.17) is 4.42 Å². The first kappa shape index (κ1) is 14.4. The number of hydrogen-bond acceptors (Lipinski definition) is 3. The van der Waals surface area contributed by atoms with Crippen LogP contribution in [0.15, 0.2) is 47.1 Å². The molecule has 1 aromatic carbocycles. The highest BCUT2D eigenvalue weighted by molar-refractivity contribution is 5.94. The van der Waals surface area contributed by atoms with E-state index in [1.807, 2.05) is 12.1 Å². The summed E-state index contributed by atoms with van der Waals surface area (Å²) in [7, 11) is 1.79. The molecule has 1 N–H and O–H groups in total. The minimum absolute atomic E-state index is 0.0330. The molecule has 1 aliphatic carbocycles. The molecule has 0 saturated carbocycles. The van der Waals surface area contributed by atoms with Crippen molar-refractivity contribution < 1.29 is 14.0 Å². The Morgan fingerprint density at radius 1 is 1.27 bits per heavy atom. The number of benzene rings is 1. The van der Waals surface area contributed by atoms with Crippen LogP contribution in [0.25, 0.3) is 0 Å². The molecule has 5 heteroatoms. The molecule has 0 fully saturated rings. The Balaban J connectivity index is 1.60. The first-order valence-corrected chi connectivity index (χ1v) is 7.32. The lowest BCUT2D eigenvalue weighted by Gasteiger charge is -2.25. The van der Waals surface area contributed by atoms with Crippen molar-refractivity contribution in [2.75, 3.05) is 13.6 Å². The van der Waals surface area contributed by atoms with Crippen molar-refractivity contribution in [3.05, 3.63) is 59.5 Å². The number of nitrogens with zero attached hydrogens (tertiary/aromatic N) is 1. The van der Waals surface area contributed by atoms with Crippen molar-refractivity contribution in [2.45, 2.75) is 18.9 Å². The summed E-state index contributed by atoms with van der Waals surface area (Å²) >= 11 is 0. The molecule has 0 bridgehead atoms. The molecule has 0 spiro atoms. The van der Waals surface area contributed by atoms with E-state index < -0.39 is 0 Å². The summed E-state index contributed by atoms with van der Waals surface area (Å²) in [6, 6.07) is 11.5. The van der Waals surface area contributed by atoms with E-state index in [0.29, 0.717) is 0 Å². The maximum atomic E-state index is 12.3. The van der Waals surface area contributed by atoms with Gasteiger partial charge in [-0.25, -0.2) is 0 Å². The zero-order chi connectivity index (χ0) is 15.5. The molecule has 0 radical (unpaired) electrons. The van der Waals surface area contributed by atoms with E-state index in [9.17, 15) is 9.59 Å². The van der Waals surface area contributed by atoms with Gasteiger partial charge in [-0.1, -0.05) is 24.3 Å². The molecule has 1 heterocycles. The molecule has 1 aliphatic rings. The Hall–Kier alpha value is -2.56. The molecular weight excluding hydrogens is 280 g/mol. The van der Waals surface area contributed by atoms with Crippen LogP contribution in [0.4, 0.5) is 0 Å². The molecule has 2 amide bonds. The van der Waals surface area contributed by atoms with Crippen LogP contribution in [0.3, 0.4) is 0 Å². The van der Waals surface area contributed by atoms with Gasteiger partial charge in [-0.05, 0) is 36.1 Å². The summed E-state index contributed by atoms with van der Waals surface area (Å²) < 4.78 is 5.00. The summed E-state index contributed by atoms with van der Waals surface area (Å²) in [5.74, 6) is -0.276. The number of fused-ring (bicyclic) bond motifs is 1. The number of carbonyl (C=O) groups excluding carboxylic acids is 2. The zero-order valence-electron chi connectivity index (χ0n) is 12.4. The largest absolute Gasteiger partial charge is 0.459 e. The van der Waals surface area contributed by atoms with Gasteiger partial charge >= 0.3 is 0 Å². The molecule has 0 unspecified atom stereocenters. The van der Waals surface area contributed by atoms with Crippen LogP contribution in [0.1, 0.15) is 34.1 Å². The molecule has 0 saturated heterocycles. The van der Waals surface area contributed by atoms with Crippen LogP contribution in [-0.2, 0) is 11.2 Å². The van der Waals surface area contributed by atoms with E-state index in [2.05, 4.69) is 17.4 Å². The number of amides is 2. The van der Waals surface area contributed by atoms with Gasteiger partial charge in [0.1, 0.15) is 0 Å². The first-order chi connectivity index (χ1) is 10.7. The lowest BCUT2D eigenvalue weighted by atomic mass is 10.1. The molecular formula is C17H18N2O3. The van der Waals surface area contributed by atoms with Crippen LogP contribution in [0.5, 0.6) is 0 Å². The van der Waals surface area contributed by atoms with Crippen LogP contribution < -0.4 is 5.32 Å². The number of likely N-dealkylation sites (N-methyl/N-ethyl adjacent to an activating group) is 1. The average molecular weight is 298 g/mol. The summed E-state index contributed by atoms with van der Waals surface area (Å²) in [4.78, 5) is 25.8. The summed E-state index contributed by atoms with van der Waals surface area (Å²) in [5, 5.41) is 2.59. The lowest BCUT2D eigenvalue weighted by molar-refractivity contribution is -0.131. The van der Waals surface area contributed by atoms with Crippen molar-refractivity contribution in [1.29, 1.82) is 0 Å². The summed E-state index contributed by atoms with van der Waals surface area (Å²) in [6.07, 6.45) is 3.34. The van der Waals surface area contributed by atoms with Crippen LogP contribution >= 0.6 is 0 Å². The summed E-state index contributed by atoms with van der Waals surface area (Å²) in [6.45, 7) is -0.0330. The standard InChI is InChI=1S/C17H18N2O3/c1-19(14-9-8-12-5-2-3-6-13(12)14)16(20)11-18-17(21)15-7-4-10-22-15/h2-7,10,14H,8-9,11H2,1H3,(H,18,21)/t14-/m0/s1. The van der Waals surface area contributed by atoms with Gasteiger partial charge in [-0.2, -0.15) is 0 Å². The van der Waals surface area contributed by atoms with Crippen molar-refractivity contribution in [3.63, 3.8) is 0 Å². The number of carbonyl (C=O) groups is 2. The lowest BCUT2D eigenvalue weighted by Crippen LogP contribution is -2.39. The predicted molar refractivity (Wildman–Crippen MR) is 81.3 cm³/mol. The smallest absolute Gasteiger partial charge is 0.287 e. The van der Waals surface area contributed by atoms with Gasteiger partial charge in [0.25, 0.3) is 5.91 Å². The van der Waals surface area contributed by atoms with Gasteiger partial charge in [-0.3, -0.25) is 9.59 Å². The van der Waals surface area contributed by atoms with Gasteiger partial charge in [0.05, 0.1) is 18.8 Å². The molecule has 1 aromatic heterocycles. The quantitative estimate of drug-likeness (QED) is 0.941. The second-order valence-corrected chi connectivity index (χ2v) is 5.42. The van der Waals surface area contributed by atoms with Crippen LogP contribution in [-0.4, -0.2) is 30.3 Å². The second kappa shape index (κ2) is 6.05. The van der Waals surface area contributed by atoms with Gasteiger partial charge in [0.2, 0.25) is 5.91 Å². The van der Waals surface area contributed by atoms with Gasteiger partial charge < -0.3 is 14.6 Å². The second-order valence-electron chi connectivity index (χ2n) is 5.42. The van der Waals surface area contributed by atoms with Gasteiger partial charge in [0, 0.05) is 7.05 Å². The normalized spacial score (nSPS) is 16.1. The fraction of sp³-hybridized carbons (Fsp3) is 0.294. The fourth-order valence-electron chi connectivity index (χ4n) is 2.89. The average Bonchev–Trinajstić information content (AvgIpc) is 3.20. The number of rotatable bonds is 4. The molecule has 2 aromatic rings. The maximum Gasteiger partial charge on any atom is 0.287 e. The Morgan fingerprint density at radius 2 is 2.09 bits per heavy atom. The predicted octanol–water partition coefficient (Wildman–Crippen LogP) is 2.16. The highest BCUT2D eigenvalue weighted by Crippen LogP contribution is 2.34. The van der Waals surface area contributed by atoms with Crippen molar-refractivity contribution in [3.8, 4) is 0 Å². The van der Waals surface area contributed by atoms with Gasteiger partial charge in [-0.15, -0.1) is 0 Å². The van der Waals surface area contributed by atoms with Crippen molar-refractivity contribution >= 4 is 11.8 Å².